The summed E-state index contributed by atoms with van der Waals surface area (Å²) < 4.78 is 5.40. The normalized spacial score (nSPS) is 20.6. The van der Waals surface area contributed by atoms with Gasteiger partial charge in [-0.1, -0.05) is 6.92 Å². The van der Waals surface area contributed by atoms with Crippen molar-refractivity contribution in [2.24, 2.45) is 0 Å². The molecular weight excluding hydrogens is 216 g/mol. The van der Waals surface area contributed by atoms with Gasteiger partial charge in [-0.15, -0.1) is 0 Å². The molecule has 0 aromatic carbocycles. The molecule has 1 saturated heterocycles. The van der Waals surface area contributed by atoms with E-state index in [1.807, 2.05) is 12.1 Å². The van der Waals surface area contributed by atoms with E-state index in [4.69, 9.17) is 4.42 Å². The van der Waals surface area contributed by atoms with Crippen molar-refractivity contribution in [3.8, 4) is 0 Å². The summed E-state index contributed by atoms with van der Waals surface area (Å²) in [5.41, 5.74) is 0. The Hall–Kier alpha value is -0.840. The van der Waals surface area contributed by atoms with Gasteiger partial charge in [-0.25, -0.2) is 0 Å². The van der Waals surface area contributed by atoms with E-state index in [1.54, 1.807) is 6.26 Å². The van der Waals surface area contributed by atoms with Crippen LogP contribution in [0.4, 0.5) is 0 Å². The number of aliphatic hydroxyl groups is 1. The van der Waals surface area contributed by atoms with Gasteiger partial charge in [-0.2, -0.15) is 0 Å². The average Bonchev–Trinajstić information content (AvgIpc) is 2.86. The van der Waals surface area contributed by atoms with Gasteiger partial charge in [-0.3, -0.25) is 4.90 Å². The highest BCUT2D eigenvalue weighted by Crippen LogP contribution is 2.22. The maximum Gasteiger partial charge on any atom is 0.123 e. The molecule has 1 aromatic heterocycles. The summed E-state index contributed by atoms with van der Waals surface area (Å²) in [7, 11) is 0. The highest BCUT2D eigenvalue weighted by atomic mass is 16.3. The monoisotopic (exact) mass is 238 g/mol. The zero-order valence-corrected chi connectivity index (χ0v) is 10.5. The maximum atomic E-state index is 9.50. The second-order valence-corrected chi connectivity index (χ2v) is 4.59. The molecule has 2 rings (SSSR count). The van der Waals surface area contributed by atoms with Crippen LogP contribution in [0.25, 0.3) is 0 Å². The van der Waals surface area contributed by atoms with Gasteiger partial charge in [-0.05, 0) is 25.1 Å². The molecule has 4 nitrogen and oxygen atoms in total. The van der Waals surface area contributed by atoms with Crippen molar-refractivity contribution in [1.29, 1.82) is 0 Å². The molecule has 0 bridgehead atoms. The molecule has 96 valence electrons. The highest BCUT2D eigenvalue weighted by Gasteiger charge is 2.25. The molecule has 4 heteroatoms. The molecule has 17 heavy (non-hydrogen) atoms. The highest BCUT2D eigenvalue weighted by molar-refractivity contribution is 5.05. The number of aliphatic hydroxyl groups excluding tert-OH is 1. The van der Waals surface area contributed by atoms with E-state index in [-0.39, 0.29) is 12.6 Å². The molecule has 0 spiro atoms. The molecule has 0 aliphatic carbocycles. The lowest BCUT2D eigenvalue weighted by molar-refractivity contribution is 0.0552. The SMILES string of the molecule is CCCN1CCN(C(CO)c2ccco2)CC1. The quantitative estimate of drug-likeness (QED) is 0.840. The van der Waals surface area contributed by atoms with E-state index < -0.39 is 0 Å². The number of hydrogen-bond acceptors (Lipinski definition) is 4. The Morgan fingerprint density at radius 3 is 2.65 bits per heavy atom. The largest absolute Gasteiger partial charge is 0.468 e. The predicted octanol–water partition coefficient (Wildman–Crippen LogP) is 1.34. The van der Waals surface area contributed by atoms with Crippen LogP contribution in [0, 0.1) is 0 Å². The van der Waals surface area contributed by atoms with Gasteiger partial charge in [0, 0.05) is 26.2 Å². The first-order valence-corrected chi connectivity index (χ1v) is 6.45. The molecule has 1 N–H and O–H groups in total. The third-order valence-corrected chi connectivity index (χ3v) is 3.43. The molecule has 1 aromatic rings. The third-order valence-electron chi connectivity index (χ3n) is 3.43. The standard InChI is InChI=1S/C13H22N2O2/c1-2-5-14-6-8-15(9-7-14)12(11-16)13-4-3-10-17-13/h3-4,10,12,16H,2,5-9,11H2,1H3. The zero-order valence-electron chi connectivity index (χ0n) is 10.5. The molecule has 1 unspecified atom stereocenters. The van der Waals surface area contributed by atoms with Gasteiger partial charge in [0.1, 0.15) is 5.76 Å². The van der Waals surface area contributed by atoms with Crippen molar-refractivity contribution in [1.82, 2.24) is 9.80 Å². The minimum Gasteiger partial charge on any atom is -0.468 e. The Morgan fingerprint density at radius 1 is 1.35 bits per heavy atom. The summed E-state index contributed by atoms with van der Waals surface area (Å²) in [6.45, 7) is 7.71. The van der Waals surface area contributed by atoms with E-state index in [9.17, 15) is 5.11 Å². The fraction of sp³-hybridized carbons (Fsp3) is 0.692. The van der Waals surface area contributed by atoms with Crippen LogP contribution in [-0.4, -0.2) is 54.2 Å². The van der Waals surface area contributed by atoms with Crippen LogP contribution >= 0.6 is 0 Å². The minimum absolute atomic E-state index is 0.0220. The first-order valence-electron chi connectivity index (χ1n) is 6.45. The lowest BCUT2D eigenvalue weighted by atomic mass is 10.1. The van der Waals surface area contributed by atoms with Crippen molar-refractivity contribution in [2.75, 3.05) is 39.3 Å². The van der Waals surface area contributed by atoms with Crippen LogP contribution in [-0.2, 0) is 0 Å². The average molecular weight is 238 g/mol. The second kappa shape index (κ2) is 6.19. The number of rotatable bonds is 5. The topological polar surface area (TPSA) is 39.9 Å². The molecule has 0 amide bonds. The summed E-state index contributed by atoms with van der Waals surface area (Å²) in [6, 6.07) is 3.85. The van der Waals surface area contributed by atoms with Gasteiger partial charge in [0.25, 0.3) is 0 Å². The van der Waals surface area contributed by atoms with Crippen molar-refractivity contribution >= 4 is 0 Å². The first-order chi connectivity index (χ1) is 8.35. The molecule has 1 aliphatic heterocycles. The summed E-state index contributed by atoms with van der Waals surface area (Å²) in [6.07, 6.45) is 2.88. The van der Waals surface area contributed by atoms with Crippen LogP contribution < -0.4 is 0 Å². The van der Waals surface area contributed by atoms with Crippen molar-refractivity contribution < 1.29 is 9.52 Å². The van der Waals surface area contributed by atoms with Crippen LogP contribution in [0.2, 0.25) is 0 Å². The van der Waals surface area contributed by atoms with Crippen LogP contribution in [0.3, 0.4) is 0 Å². The molecule has 0 saturated carbocycles. The molecule has 0 radical (unpaired) electrons. The van der Waals surface area contributed by atoms with Gasteiger partial charge < -0.3 is 14.4 Å². The van der Waals surface area contributed by atoms with Gasteiger partial charge in [0.15, 0.2) is 0 Å². The van der Waals surface area contributed by atoms with Gasteiger partial charge in [0.05, 0.1) is 18.9 Å². The Kier molecular flexibility index (Phi) is 4.59. The fourth-order valence-corrected chi connectivity index (χ4v) is 2.48. The maximum absolute atomic E-state index is 9.50. The second-order valence-electron chi connectivity index (χ2n) is 4.59. The van der Waals surface area contributed by atoms with Crippen LogP contribution in [0.5, 0.6) is 0 Å². The Balaban J connectivity index is 1.90. The molecule has 1 aliphatic rings. The number of furan rings is 1. The summed E-state index contributed by atoms with van der Waals surface area (Å²) in [5.74, 6) is 0.872. The van der Waals surface area contributed by atoms with Crippen LogP contribution in [0.1, 0.15) is 25.1 Å². The Bertz CT molecular complexity index is 305. The Morgan fingerprint density at radius 2 is 2.12 bits per heavy atom. The zero-order chi connectivity index (χ0) is 12.1. The van der Waals surface area contributed by atoms with Crippen molar-refractivity contribution in [2.45, 2.75) is 19.4 Å². The third kappa shape index (κ3) is 3.09. The fourth-order valence-electron chi connectivity index (χ4n) is 2.48. The van der Waals surface area contributed by atoms with Crippen molar-refractivity contribution in [3.05, 3.63) is 24.2 Å². The van der Waals surface area contributed by atoms with E-state index in [0.717, 1.165) is 31.9 Å². The Labute approximate surface area is 103 Å². The van der Waals surface area contributed by atoms with E-state index >= 15 is 0 Å². The molecular formula is C13H22N2O2. The minimum atomic E-state index is 0.0220. The lowest BCUT2D eigenvalue weighted by Crippen LogP contribution is -2.48. The summed E-state index contributed by atoms with van der Waals surface area (Å²) in [5, 5.41) is 9.50. The summed E-state index contributed by atoms with van der Waals surface area (Å²) in [4.78, 5) is 4.79. The van der Waals surface area contributed by atoms with Gasteiger partial charge >= 0.3 is 0 Å². The van der Waals surface area contributed by atoms with E-state index in [0.29, 0.717) is 0 Å². The van der Waals surface area contributed by atoms with E-state index in [1.165, 1.54) is 13.0 Å². The molecule has 1 fully saturated rings. The lowest BCUT2D eigenvalue weighted by Gasteiger charge is -2.37. The van der Waals surface area contributed by atoms with Crippen molar-refractivity contribution in [3.63, 3.8) is 0 Å². The number of hydrogen-bond donors (Lipinski definition) is 1. The van der Waals surface area contributed by atoms with Crippen LogP contribution in [0.15, 0.2) is 22.8 Å². The number of piperazine rings is 1. The van der Waals surface area contributed by atoms with E-state index in [2.05, 4.69) is 16.7 Å². The van der Waals surface area contributed by atoms with Gasteiger partial charge in [0.2, 0.25) is 0 Å². The summed E-state index contributed by atoms with van der Waals surface area (Å²) >= 11 is 0. The molecule has 2 heterocycles. The molecule has 1 atom stereocenters. The predicted molar refractivity (Wildman–Crippen MR) is 66.8 cm³/mol. The number of nitrogens with zero attached hydrogens (tertiary/aromatic N) is 2. The smallest absolute Gasteiger partial charge is 0.123 e. The first kappa shape index (κ1) is 12.6.